The molecule has 0 bridgehead atoms. The Bertz CT molecular complexity index is 3080. The fourth-order valence-corrected chi connectivity index (χ4v) is 7.54. The molecule has 0 aliphatic carbocycles. The van der Waals surface area contributed by atoms with E-state index in [4.69, 9.17) is 18.8 Å². The quantitative estimate of drug-likeness (QED) is 0.137. The number of benzene rings is 8. The summed E-state index contributed by atoms with van der Waals surface area (Å²) >= 11 is 0. The van der Waals surface area contributed by atoms with Crippen molar-refractivity contribution in [2.75, 3.05) is 0 Å². The second-order valence-corrected chi connectivity index (χ2v) is 13.8. The number of hydrogen-bond donors (Lipinski definition) is 1. The molecule has 0 radical (unpaired) electrons. The lowest BCUT2D eigenvalue weighted by Gasteiger charge is -2.09. The van der Waals surface area contributed by atoms with Crippen LogP contribution in [0.25, 0.3) is 77.3 Å². The largest absolute Gasteiger partial charge is 0.456 e. The van der Waals surface area contributed by atoms with E-state index >= 15 is 0 Å². The van der Waals surface area contributed by atoms with Crippen LogP contribution in [0.2, 0.25) is 0 Å². The maximum absolute atomic E-state index is 9.43. The number of amidine groups is 2. The van der Waals surface area contributed by atoms with Crippen LogP contribution in [0, 0.1) is 5.41 Å². The first-order chi connectivity index (χ1) is 27.7. The molecule has 8 aromatic carbocycles. The van der Waals surface area contributed by atoms with Gasteiger partial charge in [-0.15, -0.1) is 0 Å². The average molecular weight is 720 g/mol. The van der Waals surface area contributed by atoms with Gasteiger partial charge in [0.15, 0.2) is 11.7 Å². The van der Waals surface area contributed by atoms with Crippen LogP contribution in [0.1, 0.15) is 16.7 Å². The number of nitrogens with zero attached hydrogens (tertiary/aromatic N) is 2. The predicted molar refractivity (Wildman–Crippen MR) is 231 cm³/mol. The molecule has 2 heterocycles. The van der Waals surface area contributed by atoms with Gasteiger partial charge < -0.3 is 8.83 Å². The molecule has 10 rings (SSSR count). The van der Waals surface area contributed by atoms with Crippen LogP contribution in [0.5, 0.6) is 0 Å². The summed E-state index contributed by atoms with van der Waals surface area (Å²) < 4.78 is 12.8. The molecule has 0 unspecified atom stereocenters. The topological polar surface area (TPSA) is 74.8 Å². The van der Waals surface area contributed by atoms with E-state index in [-0.39, 0.29) is 5.84 Å². The van der Waals surface area contributed by atoms with Crippen molar-refractivity contribution in [3.05, 3.63) is 205 Å². The molecular weight excluding hydrogens is 687 g/mol. The maximum Gasteiger partial charge on any atom is 0.165 e. The molecular formula is C51H33N3O2. The van der Waals surface area contributed by atoms with Crippen molar-refractivity contribution in [3.63, 3.8) is 0 Å². The minimum atomic E-state index is 0.0710. The van der Waals surface area contributed by atoms with Gasteiger partial charge in [-0.1, -0.05) is 133 Å². The molecule has 0 spiro atoms. The Labute approximate surface area is 323 Å². The Balaban J connectivity index is 1.13. The minimum Gasteiger partial charge on any atom is -0.456 e. The zero-order valence-corrected chi connectivity index (χ0v) is 30.2. The van der Waals surface area contributed by atoms with Crippen molar-refractivity contribution >= 4 is 61.8 Å². The molecule has 0 saturated heterocycles. The summed E-state index contributed by atoms with van der Waals surface area (Å²) in [6.07, 6.45) is 1.84. The van der Waals surface area contributed by atoms with Crippen LogP contribution >= 0.6 is 0 Å². The molecule has 2 aromatic heterocycles. The van der Waals surface area contributed by atoms with Crippen LogP contribution in [0.3, 0.4) is 0 Å². The third kappa shape index (κ3) is 6.07. The minimum absolute atomic E-state index is 0.0710. The Morgan fingerprint density at radius 2 is 1.07 bits per heavy atom. The van der Waals surface area contributed by atoms with E-state index in [9.17, 15) is 5.41 Å². The van der Waals surface area contributed by atoms with Gasteiger partial charge in [-0.2, -0.15) is 0 Å². The number of para-hydroxylation sites is 2. The highest BCUT2D eigenvalue weighted by Crippen LogP contribution is 2.37. The molecule has 264 valence electrons. The highest BCUT2D eigenvalue weighted by Gasteiger charge is 2.18. The number of rotatable bonds is 6. The maximum atomic E-state index is 9.43. The van der Waals surface area contributed by atoms with Gasteiger partial charge in [0.25, 0.3) is 0 Å². The number of nitrogens with one attached hydrogen (secondary N) is 1. The summed E-state index contributed by atoms with van der Waals surface area (Å²) in [7, 11) is 0. The first kappa shape index (κ1) is 33.0. The Morgan fingerprint density at radius 1 is 0.464 bits per heavy atom. The van der Waals surface area contributed by atoms with E-state index < -0.39 is 0 Å². The van der Waals surface area contributed by atoms with Crippen molar-refractivity contribution in [2.24, 2.45) is 9.98 Å². The zero-order chi connectivity index (χ0) is 37.4. The molecule has 0 saturated carbocycles. The SMILES string of the molecule is N=C(N=C(N=Cc1cc(-c2ccccc2)cc(-c2ccccc2)c1)c1cccc2c1oc1ccccc12)c1ccc2oc3cccc(-c4ccccc4)c3c2c1. The molecule has 0 amide bonds. The second-order valence-electron chi connectivity index (χ2n) is 13.8. The van der Waals surface area contributed by atoms with Crippen LogP contribution in [-0.4, -0.2) is 17.9 Å². The molecule has 0 aliphatic heterocycles. The van der Waals surface area contributed by atoms with Gasteiger partial charge >= 0.3 is 0 Å². The Kier molecular flexibility index (Phi) is 8.23. The predicted octanol–water partition coefficient (Wildman–Crippen LogP) is 13.4. The van der Waals surface area contributed by atoms with Gasteiger partial charge in [-0.3, -0.25) is 5.41 Å². The van der Waals surface area contributed by atoms with Crippen molar-refractivity contribution in [3.8, 4) is 33.4 Å². The van der Waals surface area contributed by atoms with Gasteiger partial charge in [0, 0.05) is 33.3 Å². The lowest BCUT2D eigenvalue weighted by Crippen LogP contribution is -2.05. The average Bonchev–Trinajstić information content (AvgIpc) is 3.84. The number of fused-ring (bicyclic) bond motifs is 6. The lowest BCUT2D eigenvalue weighted by atomic mass is 9.96. The van der Waals surface area contributed by atoms with Gasteiger partial charge in [0.05, 0.1) is 5.56 Å². The fourth-order valence-electron chi connectivity index (χ4n) is 7.54. The van der Waals surface area contributed by atoms with Gasteiger partial charge in [0.2, 0.25) is 0 Å². The summed E-state index contributed by atoms with van der Waals surface area (Å²) in [6, 6.07) is 63.4. The van der Waals surface area contributed by atoms with E-state index in [1.165, 1.54) is 0 Å². The molecule has 10 aromatic rings. The van der Waals surface area contributed by atoms with Crippen molar-refractivity contribution < 1.29 is 8.83 Å². The molecule has 5 heteroatoms. The number of hydrogen-bond acceptors (Lipinski definition) is 3. The van der Waals surface area contributed by atoms with Crippen molar-refractivity contribution in [2.45, 2.75) is 0 Å². The normalized spacial score (nSPS) is 12.0. The van der Waals surface area contributed by atoms with Crippen LogP contribution in [0.4, 0.5) is 0 Å². The molecule has 0 aliphatic rings. The highest BCUT2D eigenvalue weighted by atomic mass is 16.3. The first-order valence-electron chi connectivity index (χ1n) is 18.6. The third-order valence-electron chi connectivity index (χ3n) is 10.2. The third-order valence-corrected chi connectivity index (χ3v) is 10.2. The van der Waals surface area contributed by atoms with E-state index in [0.717, 1.165) is 77.2 Å². The fraction of sp³-hybridized carbons (Fsp3) is 0. The van der Waals surface area contributed by atoms with E-state index in [0.29, 0.717) is 22.5 Å². The molecule has 5 nitrogen and oxygen atoms in total. The number of furan rings is 2. The van der Waals surface area contributed by atoms with Crippen molar-refractivity contribution in [1.29, 1.82) is 5.41 Å². The first-order valence-corrected chi connectivity index (χ1v) is 18.6. The standard InChI is InChI=1S/C51H33N3O2/c52-50(37-26-27-46-44(31-37)48-40(21-13-25-47(48)55-46)36-18-8-3-9-19-36)54-51(43-23-12-22-42-41-20-10-11-24-45(41)56-49(42)43)53-32-33-28-38(34-14-4-1-5-15-34)30-39(29-33)35-16-6-2-7-17-35/h1-32,52H. The molecule has 1 N–H and O–H groups in total. The summed E-state index contributed by atoms with van der Waals surface area (Å²) in [4.78, 5) is 10.1. The Morgan fingerprint density at radius 3 is 1.80 bits per heavy atom. The van der Waals surface area contributed by atoms with E-state index in [2.05, 4.69) is 97.1 Å². The molecule has 0 atom stereocenters. The smallest absolute Gasteiger partial charge is 0.165 e. The summed E-state index contributed by atoms with van der Waals surface area (Å²) in [5, 5.41) is 13.3. The van der Waals surface area contributed by atoms with Crippen LogP contribution in [0.15, 0.2) is 207 Å². The van der Waals surface area contributed by atoms with Crippen LogP contribution < -0.4 is 0 Å². The van der Waals surface area contributed by atoms with Gasteiger partial charge in [0.1, 0.15) is 22.3 Å². The molecule has 56 heavy (non-hydrogen) atoms. The van der Waals surface area contributed by atoms with Gasteiger partial charge in [-0.25, -0.2) is 9.98 Å². The number of aliphatic imine (C=N–C) groups is 2. The zero-order valence-electron chi connectivity index (χ0n) is 30.2. The molecule has 0 fully saturated rings. The van der Waals surface area contributed by atoms with Crippen LogP contribution in [-0.2, 0) is 0 Å². The van der Waals surface area contributed by atoms with E-state index in [1.54, 1.807) is 0 Å². The summed E-state index contributed by atoms with van der Waals surface area (Å²) in [5.74, 6) is 0.440. The summed E-state index contributed by atoms with van der Waals surface area (Å²) in [6.45, 7) is 0. The van der Waals surface area contributed by atoms with Gasteiger partial charge in [-0.05, 0) is 93.5 Å². The van der Waals surface area contributed by atoms with E-state index in [1.807, 2.05) is 97.2 Å². The highest BCUT2D eigenvalue weighted by molar-refractivity contribution is 6.21. The second kappa shape index (κ2) is 14.0. The monoisotopic (exact) mass is 719 g/mol. The van der Waals surface area contributed by atoms with Crippen molar-refractivity contribution in [1.82, 2.24) is 0 Å². The lowest BCUT2D eigenvalue weighted by molar-refractivity contribution is 0.668. The Hall–Kier alpha value is -7.63. The summed E-state index contributed by atoms with van der Waals surface area (Å²) in [5.41, 5.74) is 11.8.